The van der Waals surface area contributed by atoms with E-state index < -0.39 is 17.3 Å². The first-order valence-corrected chi connectivity index (χ1v) is 4.72. The summed E-state index contributed by atoms with van der Waals surface area (Å²) in [5.41, 5.74) is 0.200. The normalized spacial score (nSPS) is 13.0. The second-order valence-electron chi connectivity index (χ2n) is 4.16. The summed E-state index contributed by atoms with van der Waals surface area (Å²) in [6, 6.07) is 8.47. The average molecular weight is 206 g/mol. The number of aromatic hydroxyl groups is 1. The summed E-state index contributed by atoms with van der Waals surface area (Å²) in [7, 11) is 0. The van der Waals surface area contributed by atoms with E-state index in [4.69, 9.17) is 10.2 Å². The molecule has 0 saturated heterocycles. The quantitative estimate of drug-likeness (QED) is 0.795. The van der Waals surface area contributed by atoms with E-state index in [2.05, 4.69) is 12.1 Å². The summed E-state index contributed by atoms with van der Waals surface area (Å²) in [5.74, 6) is -1.36. The lowest BCUT2D eigenvalue weighted by Gasteiger charge is -2.27. The Morgan fingerprint density at radius 3 is 2.40 bits per heavy atom. The number of hydrogen-bond acceptors (Lipinski definition) is 2. The van der Waals surface area contributed by atoms with E-state index in [1.165, 1.54) is 6.07 Å². The molecule has 0 radical (unpaired) electrons. The molecule has 80 valence electrons. The Kier molecular flexibility index (Phi) is 2.90. The van der Waals surface area contributed by atoms with Crippen LogP contribution in [0.2, 0.25) is 0 Å². The Balaban J connectivity index is 3.05. The van der Waals surface area contributed by atoms with Gasteiger partial charge in [0.1, 0.15) is 0 Å². The van der Waals surface area contributed by atoms with Crippen molar-refractivity contribution in [2.24, 2.45) is 5.92 Å². The van der Waals surface area contributed by atoms with Crippen LogP contribution < -0.4 is 0 Å². The zero-order valence-electron chi connectivity index (χ0n) is 9.03. The van der Waals surface area contributed by atoms with Gasteiger partial charge in [-0.15, -0.1) is 0 Å². The molecule has 0 spiro atoms. The van der Waals surface area contributed by atoms with Gasteiger partial charge in [0, 0.05) is 11.0 Å². The first kappa shape index (κ1) is 11.4. The van der Waals surface area contributed by atoms with Crippen molar-refractivity contribution in [2.75, 3.05) is 0 Å². The third kappa shape index (κ3) is 2.21. The lowest BCUT2D eigenvalue weighted by Crippen LogP contribution is -2.32. The van der Waals surface area contributed by atoms with Crippen LogP contribution in [0.4, 0.5) is 0 Å². The van der Waals surface area contributed by atoms with Gasteiger partial charge in [-0.05, 0) is 18.2 Å². The fourth-order valence-corrected chi connectivity index (χ4v) is 1.29. The van der Waals surface area contributed by atoms with Crippen LogP contribution in [0.5, 0.6) is 5.75 Å². The van der Waals surface area contributed by atoms with Gasteiger partial charge in [0.05, 0.1) is 5.92 Å². The molecule has 0 aromatic heterocycles. The van der Waals surface area contributed by atoms with Crippen molar-refractivity contribution in [3.8, 4) is 5.75 Å². The molecule has 2 N–H and O–H groups in total. The Morgan fingerprint density at radius 1 is 1.40 bits per heavy atom. The number of carboxylic acid groups (broad SMARTS) is 1. The molecule has 0 heterocycles. The van der Waals surface area contributed by atoms with Gasteiger partial charge >= 0.3 is 5.97 Å². The second-order valence-corrected chi connectivity index (χ2v) is 4.16. The summed E-state index contributed by atoms with van der Waals surface area (Å²) in [4.78, 5) is 10.9. The molecule has 1 unspecified atom stereocenters. The number of hydrogen-bond donors (Lipinski definition) is 2. The highest BCUT2D eigenvalue weighted by Crippen LogP contribution is 2.30. The predicted molar refractivity (Wildman–Crippen MR) is 55.6 cm³/mol. The average Bonchev–Trinajstić information content (AvgIpc) is 2.17. The van der Waals surface area contributed by atoms with E-state index in [1.807, 2.05) is 13.8 Å². The molecule has 0 amide bonds. The molecule has 1 atom stereocenters. The number of aliphatic carboxylic acids is 1. The highest BCUT2D eigenvalue weighted by Gasteiger charge is 2.33. The lowest BCUT2D eigenvalue weighted by molar-refractivity contribution is -0.143. The molecule has 0 aliphatic rings. The first-order chi connectivity index (χ1) is 6.85. The van der Waals surface area contributed by atoms with Gasteiger partial charge in [0.25, 0.3) is 0 Å². The van der Waals surface area contributed by atoms with Gasteiger partial charge in [0.2, 0.25) is 0 Å². The van der Waals surface area contributed by atoms with Crippen molar-refractivity contribution in [1.29, 1.82) is 0 Å². The molecule has 3 nitrogen and oxygen atoms in total. The van der Waals surface area contributed by atoms with Crippen molar-refractivity contribution in [2.45, 2.75) is 26.2 Å². The molecule has 1 aromatic carbocycles. The van der Waals surface area contributed by atoms with Gasteiger partial charge in [-0.25, -0.2) is 0 Å². The van der Waals surface area contributed by atoms with Crippen molar-refractivity contribution >= 4 is 5.97 Å². The maximum Gasteiger partial charge on any atom is 0.307 e. The van der Waals surface area contributed by atoms with Crippen molar-refractivity contribution in [1.82, 2.24) is 0 Å². The molecule has 1 aromatic rings. The minimum Gasteiger partial charge on any atom is -0.501 e. The molecule has 3 heteroatoms. The zero-order chi connectivity index (χ0) is 11.6. The summed E-state index contributed by atoms with van der Waals surface area (Å²) in [6.07, 6.45) is 0. The minimum absolute atomic E-state index is 0.0116. The van der Waals surface area contributed by atoms with Crippen LogP contribution in [0.1, 0.15) is 26.3 Å². The van der Waals surface area contributed by atoms with Crippen LogP contribution in [0.3, 0.4) is 0 Å². The fourth-order valence-electron chi connectivity index (χ4n) is 1.29. The molecule has 0 aliphatic heterocycles. The summed E-state index contributed by atoms with van der Waals surface area (Å²) in [6.45, 7) is 5.33. The molecule has 1 rings (SSSR count). The predicted octanol–water partition coefficient (Wildman–Crippen LogP) is 1.99. The van der Waals surface area contributed by atoms with Crippen LogP contribution in [0.25, 0.3) is 0 Å². The first-order valence-electron chi connectivity index (χ1n) is 4.72. The molecular weight excluding hydrogens is 192 g/mol. The molecule has 0 fully saturated rings. The Morgan fingerprint density at radius 2 is 2.00 bits per heavy atom. The van der Waals surface area contributed by atoms with E-state index in [0.29, 0.717) is 0 Å². The monoisotopic (exact) mass is 206 g/mol. The number of rotatable bonds is 3. The van der Waals surface area contributed by atoms with Crippen LogP contribution in [0.15, 0.2) is 12.1 Å². The molecule has 15 heavy (non-hydrogen) atoms. The van der Waals surface area contributed by atoms with Gasteiger partial charge < -0.3 is 10.2 Å². The van der Waals surface area contributed by atoms with E-state index >= 15 is 0 Å². The van der Waals surface area contributed by atoms with E-state index in [0.717, 1.165) is 5.56 Å². The highest BCUT2D eigenvalue weighted by molar-refractivity contribution is 5.71. The number of carbonyl (C=O) groups is 1. The minimum atomic E-state index is -0.846. The summed E-state index contributed by atoms with van der Waals surface area (Å²) in [5, 5.41) is 18.0. The molecular formula is C12H14O3. The maximum atomic E-state index is 10.9. The molecule has 0 bridgehead atoms. The smallest absolute Gasteiger partial charge is 0.307 e. The van der Waals surface area contributed by atoms with E-state index in [9.17, 15) is 4.79 Å². The van der Waals surface area contributed by atoms with Crippen molar-refractivity contribution in [3.05, 3.63) is 29.8 Å². The Labute approximate surface area is 89.4 Å². The van der Waals surface area contributed by atoms with Crippen molar-refractivity contribution in [3.63, 3.8) is 0 Å². The van der Waals surface area contributed by atoms with Gasteiger partial charge in [0.15, 0.2) is 5.75 Å². The largest absolute Gasteiger partial charge is 0.501 e. The zero-order valence-corrected chi connectivity index (χ0v) is 9.03. The fraction of sp³-hybridized carbons (Fsp3) is 0.417. The van der Waals surface area contributed by atoms with Crippen LogP contribution >= 0.6 is 0 Å². The van der Waals surface area contributed by atoms with E-state index in [-0.39, 0.29) is 5.75 Å². The Bertz CT molecular complexity index is 352. The third-order valence-electron chi connectivity index (χ3n) is 2.88. The molecule has 0 saturated carbocycles. The highest BCUT2D eigenvalue weighted by atomic mass is 16.4. The van der Waals surface area contributed by atoms with E-state index in [1.54, 1.807) is 13.0 Å². The standard InChI is InChI=1S/C12H14O3/c1-8(11(14)15)12(2,3)9-4-6-10(13)7-5-9/h4,6,8,13H,1-3H3,(H,14,15). The number of carboxylic acids is 1. The van der Waals surface area contributed by atoms with Gasteiger partial charge in [-0.3, -0.25) is 4.79 Å². The van der Waals surface area contributed by atoms with Gasteiger partial charge in [-0.1, -0.05) is 26.8 Å². The van der Waals surface area contributed by atoms with Crippen LogP contribution in [0, 0.1) is 18.1 Å². The Hall–Kier alpha value is -1.69. The third-order valence-corrected chi connectivity index (χ3v) is 2.88. The lowest BCUT2D eigenvalue weighted by atomic mass is 9.75. The molecule has 0 aliphatic carbocycles. The maximum absolute atomic E-state index is 10.9. The van der Waals surface area contributed by atoms with Crippen LogP contribution in [-0.4, -0.2) is 16.2 Å². The summed E-state index contributed by atoms with van der Waals surface area (Å²) >= 11 is 0. The SMILES string of the molecule is CC(C(=O)O)C(C)(C)c1c#cc(O)cc1. The van der Waals surface area contributed by atoms with Crippen molar-refractivity contribution < 1.29 is 15.0 Å². The second kappa shape index (κ2) is 3.82. The topological polar surface area (TPSA) is 57.5 Å². The van der Waals surface area contributed by atoms with Crippen LogP contribution in [-0.2, 0) is 10.2 Å². The summed E-state index contributed by atoms with van der Waals surface area (Å²) < 4.78 is 0. The van der Waals surface area contributed by atoms with Gasteiger partial charge in [-0.2, -0.15) is 0 Å².